The Morgan fingerprint density at radius 1 is 1.28 bits per heavy atom. The van der Waals surface area contributed by atoms with Crippen molar-refractivity contribution in [3.05, 3.63) is 29.8 Å². The van der Waals surface area contributed by atoms with Gasteiger partial charge in [-0.1, -0.05) is 25.0 Å². The molecule has 0 atom stereocenters. The molecule has 1 N–H and O–H groups in total. The second-order valence-corrected chi connectivity index (χ2v) is 5.06. The summed E-state index contributed by atoms with van der Waals surface area (Å²) in [4.78, 5) is 0. The zero-order valence-corrected chi connectivity index (χ0v) is 11.4. The number of nitrogens with one attached hydrogen (secondary N) is 1. The van der Waals surface area contributed by atoms with E-state index in [-0.39, 0.29) is 5.60 Å². The van der Waals surface area contributed by atoms with E-state index in [1.54, 1.807) is 7.11 Å². The molecule has 0 bridgehead atoms. The number of hydrogen-bond acceptors (Lipinski definition) is 3. The summed E-state index contributed by atoms with van der Waals surface area (Å²) in [6.45, 7) is 1.61. The molecule has 1 aromatic carbocycles. The minimum absolute atomic E-state index is 0.0395. The van der Waals surface area contributed by atoms with Crippen molar-refractivity contribution in [3.63, 3.8) is 0 Å². The molecule has 3 nitrogen and oxygen atoms in total. The summed E-state index contributed by atoms with van der Waals surface area (Å²) in [5.41, 5.74) is 1.22. The third kappa shape index (κ3) is 3.24. The largest absolute Gasteiger partial charge is 0.497 e. The third-order valence-corrected chi connectivity index (χ3v) is 3.69. The average Bonchev–Trinajstić information content (AvgIpc) is 2.86. The average molecular weight is 249 g/mol. The normalized spacial score (nSPS) is 17.9. The maximum atomic E-state index is 6.20. The maximum Gasteiger partial charge on any atom is 0.119 e. The highest BCUT2D eigenvalue weighted by Gasteiger charge is 2.33. The summed E-state index contributed by atoms with van der Waals surface area (Å²) in [5.74, 6) is 0.894. The molecule has 1 saturated carbocycles. The van der Waals surface area contributed by atoms with Crippen LogP contribution in [0.5, 0.6) is 5.75 Å². The number of methoxy groups -OCH3 is 1. The summed E-state index contributed by atoms with van der Waals surface area (Å²) in [7, 11) is 3.69. The first-order chi connectivity index (χ1) is 8.78. The first kappa shape index (κ1) is 13.4. The van der Waals surface area contributed by atoms with E-state index in [2.05, 4.69) is 11.4 Å². The first-order valence-electron chi connectivity index (χ1n) is 6.69. The number of hydrogen-bond donors (Lipinski definition) is 1. The number of likely N-dealkylation sites (N-methyl/N-ethyl adjacent to an activating group) is 1. The van der Waals surface area contributed by atoms with Gasteiger partial charge in [0.05, 0.1) is 19.3 Å². The fraction of sp³-hybridized carbons (Fsp3) is 0.600. The molecule has 100 valence electrons. The van der Waals surface area contributed by atoms with Crippen LogP contribution in [0.3, 0.4) is 0 Å². The van der Waals surface area contributed by atoms with Gasteiger partial charge in [-0.15, -0.1) is 0 Å². The van der Waals surface area contributed by atoms with Crippen LogP contribution in [0.1, 0.15) is 31.2 Å². The van der Waals surface area contributed by atoms with Crippen LogP contribution >= 0.6 is 0 Å². The van der Waals surface area contributed by atoms with Crippen LogP contribution in [0.25, 0.3) is 0 Å². The van der Waals surface area contributed by atoms with Crippen LogP contribution in [0.4, 0.5) is 0 Å². The van der Waals surface area contributed by atoms with Gasteiger partial charge in [0.25, 0.3) is 0 Å². The highest BCUT2D eigenvalue weighted by molar-refractivity contribution is 5.27. The molecule has 0 aliphatic heterocycles. The molecule has 18 heavy (non-hydrogen) atoms. The van der Waals surface area contributed by atoms with Crippen molar-refractivity contribution in [2.45, 2.75) is 37.9 Å². The Labute approximate surface area is 109 Å². The Morgan fingerprint density at radius 3 is 2.72 bits per heavy atom. The second kappa shape index (κ2) is 6.21. The van der Waals surface area contributed by atoms with Crippen molar-refractivity contribution in [2.24, 2.45) is 0 Å². The van der Waals surface area contributed by atoms with Gasteiger partial charge in [0.1, 0.15) is 5.75 Å². The van der Waals surface area contributed by atoms with Crippen molar-refractivity contribution in [1.82, 2.24) is 5.32 Å². The Kier molecular flexibility index (Phi) is 4.61. The standard InChI is InChI=1S/C15H23NO2/c1-16-12-15(8-3-4-9-15)18-11-13-6-5-7-14(10-13)17-2/h5-7,10,16H,3-4,8-9,11-12H2,1-2H3. The smallest absolute Gasteiger partial charge is 0.119 e. The van der Waals surface area contributed by atoms with Gasteiger partial charge in [0.15, 0.2) is 0 Å². The maximum absolute atomic E-state index is 6.20. The topological polar surface area (TPSA) is 30.5 Å². The summed E-state index contributed by atoms with van der Waals surface area (Å²) >= 11 is 0. The summed E-state index contributed by atoms with van der Waals surface area (Å²) < 4.78 is 11.4. The van der Waals surface area contributed by atoms with Crippen LogP contribution in [0.15, 0.2) is 24.3 Å². The minimum atomic E-state index is 0.0395. The molecule has 1 aromatic rings. The zero-order valence-electron chi connectivity index (χ0n) is 11.4. The second-order valence-electron chi connectivity index (χ2n) is 5.06. The predicted octanol–water partition coefficient (Wildman–Crippen LogP) is 2.74. The lowest BCUT2D eigenvalue weighted by atomic mass is 10.0. The van der Waals surface area contributed by atoms with E-state index in [4.69, 9.17) is 9.47 Å². The monoisotopic (exact) mass is 249 g/mol. The molecule has 0 radical (unpaired) electrons. The van der Waals surface area contributed by atoms with Crippen LogP contribution in [-0.4, -0.2) is 26.3 Å². The Hall–Kier alpha value is -1.06. The Balaban J connectivity index is 1.96. The number of rotatable bonds is 6. The van der Waals surface area contributed by atoms with Crippen molar-refractivity contribution in [2.75, 3.05) is 20.7 Å². The Bertz CT molecular complexity index is 373. The third-order valence-electron chi connectivity index (χ3n) is 3.69. The van der Waals surface area contributed by atoms with Gasteiger partial charge >= 0.3 is 0 Å². The number of benzene rings is 1. The molecule has 3 heteroatoms. The van der Waals surface area contributed by atoms with Crippen molar-refractivity contribution < 1.29 is 9.47 Å². The molecular weight excluding hydrogens is 226 g/mol. The molecule has 1 fully saturated rings. The van der Waals surface area contributed by atoms with Crippen molar-refractivity contribution in [1.29, 1.82) is 0 Å². The highest BCUT2D eigenvalue weighted by atomic mass is 16.5. The zero-order chi connectivity index (χ0) is 12.8. The van der Waals surface area contributed by atoms with Gasteiger partial charge in [0, 0.05) is 6.54 Å². The van der Waals surface area contributed by atoms with Crippen molar-refractivity contribution in [3.8, 4) is 5.75 Å². The lowest BCUT2D eigenvalue weighted by molar-refractivity contribution is -0.0493. The fourth-order valence-corrected chi connectivity index (χ4v) is 2.71. The van der Waals surface area contributed by atoms with Gasteiger partial charge in [-0.05, 0) is 37.6 Å². The van der Waals surface area contributed by atoms with Crippen molar-refractivity contribution >= 4 is 0 Å². The lowest BCUT2D eigenvalue weighted by Gasteiger charge is -2.29. The molecule has 0 heterocycles. The van der Waals surface area contributed by atoms with Gasteiger partial charge < -0.3 is 14.8 Å². The summed E-state index contributed by atoms with van der Waals surface area (Å²) in [6.07, 6.45) is 4.88. The molecule has 1 aliphatic carbocycles. The minimum Gasteiger partial charge on any atom is -0.497 e. The molecule has 0 spiro atoms. The van der Waals surface area contributed by atoms with E-state index in [1.165, 1.54) is 18.4 Å². The quantitative estimate of drug-likeness (QED) is 0.841. The predicted molar refractivity (Wildman–Crippen MR) is 72.9 cm³/mol. The van der Waals surface area contributed by atoms with Gasteiger partial charge in [0.2, 0.25) is 0 Å². The van der Waals surface area contributed by atoms with E-state index in [0.29, 0.717) is 6.61 Å². The molecule has 2 rings (SSSR count). The SMILES string of the molecule is CNCC1(OCc2cccc(OC)c2)CCCC1. The first-order valence-corrected chi connectivity index (χ1v) is 6.69. The van der Waals surface area contributed by atoms with E-state index in [0.717, 1.165) is 25.1 Å². The molecular formula is C15H23NO2. The summed E-state index contributed by atoms with van der Waals surface area (Å²) in [5, 5.41) is 3.26. The van der Waals surface area contributed by atoms with Gasteiger partial charge in [-0.3, -0.25) is 0 Å². The number of ether oxygens (including phenoxy) is 2. The van der Waals surface area contributed by atoms with Gasteiger partial charge in [-0.25, -0.2) is 0 Å². The molecule has 1 aliphatic rings. The van der Waals surface area contributed by atoms with Crippen LogP contribution in [0, 0.1) is 0 Å². The molecule has 0 aromatic heterocycles. The molecule has 0 amide bonds. The van der Waals surface area contributed by atoms with E-state index >= 15 is 0 Å². The fourth-order valence-electron chi connectivity index (χ4n) is 2.71. The Morgan fingerprint density at radius 2 is 2.06 bits per heavy atom. The van der Waals surface area contributed by atoms with Crippen LogP contribution in [0.2, 0.25) is 0 Å². The van der Waals surface area contributed by atoms with E-state index < -0.39 is 0 Å². The summed E-state index contributed by atoms with van der Waals surface area (Å²) in [6, 6.07) is 8.10. The van der Waals surface area contributed by atoms with E-state index in [9.17, 15) is 0 Å². The highest BCUT2D eigenvalue weighted by Crippen LogP contribution is 2.33. The molecule has 0 saturated heterocycles. The van der Waals surface area contributed by atoms with Gasteiger partial charge in [-0.2, -0.15) is 0 Å². The van der Waals surface area contributed by atoms with E-state index in [1.807, 2.05) is 25.2 Å². The molecule has 0 unspecified atom stereocenters. The van der Waals surface area contributed by atoms with Crippen LogP contribution in [-0.2, 0) is 11.3 Å². The van der Waals surface area contributed by atoms with Crippen LogP contribution < -0.4 is 10.1 Å². The lowest BCUT2D eigenvalue weighted by Crippen LogP contribution is -2.39.